The lowest BCUT2D eigenvalue weighted by Crippen LogP contribution is -2.29. The molecule has 31 heavy (non-hydrogen) atoms. The van der Waals surface area contributed by atoms with Gasteiger partial charge in [-0.15, -0.1) is 0 Å². The summed E-state index contributed by atoms with van der Waals surface area (Å²) in [6, 6.07) is 7.51. The highest BCUT2D eigenvalue weighted by Gasteiger charge is 2.38. The van der Waals surface area contributed by atoms with Crippen LogP contribution in [0.2, 0.25) is 10.0 Å². The Morgan fingerprint density at radius 3 is 2.71 bits per heavy atom. The Morgan fingerprint density at radius 2 is 2.03 bits per heavy atom. The first kappa shape index (κ1) is 23.4. The lowest BCUT2D eigenvalue weighted by molar-refractivity contribution is -0.141. The van der Waals surface area contributed by atoms with Gasteiger partial charge in [0.05, 0.1) is 29.1 Å². The molecule has 0 spiro atoms. The van der Waals surface area contributed by atoms with Crippen molar-refractivity contribution in [2.75, 3.05) is 11.9 Å². The second-order valence-electron chi connectivity index (χ2n) is 6.76. The van der Waals surface area contributed by atoms with E-state index in [1.54, 1.807) is 10.9 Å². The molecule has 6 nitrogen and oxygen atoms in total. The zero-order valence-corrected chi connectivity index (χ0v) is 18.7. The number of thiocarbonyl (C=S) groups is 1. The van der Waals surface area contributed by atoms with Gasteiger partial charge < -0.3 is 10.6 Å². The molecule has 1 aromatic carbocycles. The summed E-state index contributed by atoms with van der Waals surface area (Å²) in [5.41, 5.74) is 0.947. The summed E-state index contributed by atoms with van der Waals surface area (Å²) in [5, 5.41) is 14.6. The van der Waals surface area contributed by atoms with E-state index < -0.39 is 11.9 Å². The standard InChI is InChI=1S/C19H19Cl2F3N6S/c1-12-16(21)17(19(22,23)24)28-30(12)7-3-6-25-18(31)27-15-9-26-29(11-15)10-13-4-2-5-14(20)8-13/h2,4-5,8-9,11H,3,6-7,10H2,1H3,(H2,25,27,31). The Morgan fingerprint density at radius 1 is 1.26 bits per heavy atom. The van der Waals surface area contributed by atoms with Crippen molar-refractivity contribution in [2.45, 2.75) is 32.6 Å². The Hall–Kier alpha value is -2.30. The Balaban J connectivity index is 1.45. The topological polar surface area (TPSA) is 59.7 Å². The summed E-state index contributed by atoms with van der Waals surface area (Å²) < 4.78 is 41.6. The number of aromatic nitrogens is 4. The number of alkyl halides is 3. The highest BCUT2D eigenvalue weighted by molar-refractivity contribution is 7.80. The van der Waals surface area contributed by atoms with E-state index in [1.165, 1.54) is 11.6 Å². The molecule has 0 aliphatic heterocycles. The summed E-state index contributed by atoms with van der Waals surface area (Å²) in [4.78, 5) is 0. The van der Waals surface area contributed by atoms with Gasteiger partial charge in [-0.3, -0.25) is 9.36 Å². The summed E-state index contributed by atoms with van der Waals surface area (Å²) in [6.07, 6.45) is -0.616. The third-order valence-electron chi connectivity index (χ3n) is 4.36. The van der Waals surface area contributed by atoms with Crippen molar-refractivity contribution in [2.24, 2.45) is 0 Å². The Bertz CT molecular complexity index is 1060. The van der Waals surface area contributed by atoms with Gasteiger partial charge in [0.1, 0.15) is 0 Å². The van der Waals surface area contributed by atoms with Gasteiger partial charge in [0.2, 0.25) is 0 Å². The van der Waals surface area contributed by atoms with Crippen molar-refractivity contribution in [1.82, 2.24) is 24.9 Å². The molecule has 0 bridgehead atoms. The molecule has 0 radical (unpaired) electrons. The largest absolute Gasteiger partial charge is 0.436 e. The molecule has 0 atom stereocenters. The first-order valence-corrected chi connectivity index (χ1v) is 10.4. The van der Waals surface area contributed by atoms with E-state index in [4.69, 9.17) is 35.4 Å². The fraction of sp³-hybridized carbons (Fsp3) is 0.316. The number of nitrogens with one attached hydrogen (secondary N) is 2. The number of anilines is 1. The second kappa shape index (κ2) is 9.88. The van der Waals surface area contributed by atoms with Crippen molar-refractivity contribution in [1.29, 1.82) is 0 Å². The molecule has 2 N–H and O–H groups in total. The summed E-state index contributed by atoms with van der Waals surface area (Å²) in [5.74, 6) is 0. The highest BCUT2D eigenvalue weighted by Crippen LogP contribution is 2.35. The molecule has 3 aromatic rings. The summed E-state index contributed by atoms with van der Waals surface area (Å²) in [7, 11) is 0. The van der Waals surface area contributed by atoms with Gasteiger partial charge in [-0.1, -0.05) is 35.3 Å². The molecule has 3 rings (SSSR count). The third kappa shape index (κ3) is 6.34. The van der Waals surface area contributed by atoms with Gasteiger partial charge in [0.25, 0.3) is 0 Å². The van der Waals surface area contributed by atoms with Gasteiger partial charge in [0, 0.05) is 24.3 Å². The first-order chi connectivity index (χ1) is 14.6. The molecule has 166 valence electrons. The monoisotopic (exact) mass is 490 g/mol. The van der Waals surface area contributed by atoms with E-state index in [2.05, 4.69) is 20.8 Å². The molecule has 0 aliphatic carbocycles. The van der Waals surface area contributed by atoms with Crippen molar-refractivity contribution in [3.63, 3.8) is 0 Å². The molecule has 2 heterocycles. The number of halogens is 5. The fourth-order valence-electron chi connectivity index (χ4n) is 2.87. The van der Waals surface area contributed by atoms with Crippen LogP contribution in [0.15, 0.2) is 36.7 Å². The van der Waals surface area contributed by atoms with Crippen LogP contribution < -0.4 is 10.6 Å². The summed E-state index contributed by atoms with van der Waals surface area (Å²) in [6.45, 7) is 2.79. The normalized spacial score (nSPS) is 11.5. The molecule has 0 aliphatic rings. The smallest absolute Gasteiger partial charge is 0.362 e. The average Bonchev–Trinajstić information content (AvgIpc) is 3.23. The highest BCUT2D eigenvalue weighted by atomic mass is 35.5. The minimum Gasteiger partial charge on any atom is -0.362 e. The van der Waals surface area contributed by atoms with Gasteiger partial charge in [-0.05, 0) is 43.3 Å². The van der Waals surface area contributed by atoms with Crippen LogP contribution in [0, 0.1) is 6.92 Å². The van der Waals surface area contributed by atoms with Gasteiger partial charge in [0.15, 0.2) is 10.8 Å². The maximum absolute atomic E-state index is 12.9. The average molecular weight is 491 g/mol. The minimum absolute atomic E-state index is 0.273. The molecule has 0 saturated carbocycles. The van der Waals surface area contributed by atoms with E-state index >= 15 is 0 Å². The first-order valence-electron chi connectivity index (χ1n) is 9.25. The van der Waals surface area contributed by atoms with Crippen LogP contribution in [0.1, 0.15) is 23.4 Å². The molecule has 0 unspecified atom stereocenters. The van der Waals surface area contributed by atoms with Crippen molar-refractivity contribution < 1.29 is 13.2 Å². The van der Waals surface area contributed by atoms with Gasteiger partial charge in [-0.25, -0.2) is 0 Å². The third-order valence-corrected chi connectivity index (χ3v) is 5.29. The van der Waals surface area contributed by atoms with Crippen LogP contribution in [0.25, 0.3) is 0 Å². The van der Waals surface area contributed by atoms with Crippen LogP contribution in [-0.2, 0) is 19.3 Å². The van der Waals surface area contributed by atoms with E-state index in [-0.39, 0.29) is 17.3 Å². The van der Waals surface area contributed by atoms with Crippen LogP contribution in [0.4, 0.5) is 18.9 Å². The lowest BCUT2D eigenvalue weighted by Gasteiger charge is -2.09. The molecule has 12 heteroatoms. The predicted molar refractivity (Wildman–Crippen MR) is 119 cm³/mol. The number of hydrogen-bond donors (Lipinski definition) is 2. The second-order valence-corrected chi connectivity index (χ2v) is 7.98. The van der Waals surface area contributed by atoms with E-state index in [1.807, 2.05) is 30.5 Å². The van der Waals surface area contributed by atoms with Crippen LogP contribution in [-0.4, -0.2) is 31.2 Å². The number of benzene rings is 1. The van der Waals surface area contributed by atoms with E-state index in [9.17, 15) is 13.2 Å². The van der Waals surface area contributed by atoms with Crippen molar-refractivity contribution in [3.05, 3.63) is 63.7 Å². The number of hydrogen-bond acceptors (Lipinski definition) is 3. The zero-order chi connectivity index (χ0) is 22.6. The van der Waals surface area contributed by atoms with Crippen molar-refractivity contribution in [3.8, 4) is 0 Å². The maximum Gasteiger partial charge on any atom is 0.436 e. The van der Waals surface area contributed by atoms with Crippen molar-refractivity contribution >= 4 is 46.2 Å². The van der Waals surface area contributed by atoms with E-state index in [0.717, 1.165) is 5.56 Å². The molecule has 2 aromatic heterocycles. The SMILES string of the molecule is Cc1c(Cl)c(C(F)(F)F)nn1CCCNC(=S)Nc1cnn(Cc2cccc(Cl)c2)c1. The number of nitrogens with zero attached hydrogens (tertiary/aromatic N) is 4. The lowest BCUT2D eigenvalue weighted by atomic mass is 10.2. The molecular formula is C19H19Cl2F3N6S. The Kier molecular flexibility index (Phi) is 7.45. The predicted octanol–water partition coefficient (Wildman–Crippen LogP) is 5.14. The summed E-state index contributed by atoms with van der Waals surface area (Å²) >= 11 is 17.0. The van der Waals surface area contributed by atoms with Crippen LogP contribution in [0.5, 0.6) is 0 Å². The molecular weight excluding hydrogens is 472 g/mol. The quantitative estimate of drug-likeness (QED) is 0.354. The zero-order valence-electron chi connectivity index (χ0n) is 16.4. The maximum atomic E-state index is 12.9. The van der Waals surface area contributed by atoms with Gasteiger partial charge >= 0.3 is 6.18 Å². The van der Waals surface area contributed by atoms with Gasteiger partial charge in [-0.2, -0.15) is 23.4 Å². The minimum atomic E-state index is -4.58. The van der Waals surface area contributed by atoms with E-state index in [0.29, 0.717) is 35.3 Å². The molecule has 0 saturated heterocycles. The number of rotatable bonds is 7. The number of aryl methyl sites for hydroxylation is 1. The van der Waals surface area contributed by atoms with Crippen LogP contribution in [0.3, 0.4) is 0 Å². The van der Waals surface area contributed by atoms with Crippen LogP contribution >= 0.6 is 35.4 Å². The molecule has 0 fully saturated rings. The fourth-order valence-corrected chi connectivity index (χ4v) is 3.54. The molecule has 0 amide bonds. The Labute approximate surface area is 192 Å².